The van der Waals surface area contributed by atoms with Crippen LogP contribution in [-0.2, 0) is 14.3 Å². The largest absolute Gasteiger partial charge is 0.468 e. The predicted octanol–water partition coefficient (Wildman–Crippen LogP) is 3.99. The lowest BCUT2D eigenvalue weighted by atomic mass is 9.69. The van der Waals surface area contributed by atoms with Crippen molar-refractivity contribution in [3.05, 3.63) is 0 Å². The van der Waals surface area contributed by atoms with Crippen molar-refractivity contribution in [3.8, 4) is 0 Å². The van der Waals surface area contributed by atoms with Crippen molar-refractivity contribution in [1.29, 1.82) is 0 Å². The highest BCUT2D eigenvalue weighted by molar-refractivity contribution is 5.87. The molecule has 0 saturated heterocycles. The highest BCUT2D eigenvalue weighted by Crippen LogP contribution is 2.50. The van der Waals surface area contributed by atoms with Gasteiger partial charge in [0, 0.05) is 6.42 Å². The Bertz CT molecular complexity index is 505. The average Bonchev–Trinajstić information content (AvgIpc) is 2.50. The number of alkyl halides is 6. The van der Waals surface area contributed by atoms with E-state index in [0.717, 1.165) is 7.11 Å². The average molecular weight is 391 g/mol. The van der Waals surface area contributed by atoms with Crippen molar-refractivity contribution in [2.75, 3.05) is 13.7 Å². The van der Waals surface area contributed by atoms with Crippen LogP contribution in [0.2, 0.25) is 0 Å². The van der Waals surface area contributed by atoms with Gasteiger partial charge in [-0.3, -0.25) is 9.59 Å². The molecule has 10 heteroatoms. The molecule has 0 spiro atoms. The number of amides is 1. The van der Waals surface area contributed by atoms with Gasteiger partial charge in [-0.25, -0.2) is 0 Å². The van der Waals surface area contributed by atoms with Gasteiger partial charge in [-0.1, -0.05) is 13.3 Å². The zero-order valence-corrected chi connectivity index (χ0v) is 14.6. The molecule has 4 nitrogen and oxygen atoms in total. The van der Waals surface area contributed by atoms with Crippen LogP contribution in [0.25, 0.3) is 0 Å². The second kappa shape index (κ2) is 8.47. The Hall–Kier alpha value is -1.48. The Kier molecular flexibility index (Phi) is 7.35. The van der Waals surface area contributed by atoms with Crippen LogP contribution in [0.1, 0.15) is 45.4 Å². The first-order valence-electron chi connectivity index (χ1n) is 8.31. The van der Waals surface area contributed by atoms with E-state index < -0.39 is 67.3 Å². The van der Waals surface area contributed by atoms with Crippen molar-refractivity contribution in [2.24, 2.45) is 17.3 Å². The summed E-state index contributed by atoms with van der Waals surface area (Å²) in [4.78, 5) is 23.3. The van der Waals surface area contributed by atoms with Gasteiger partial charge in [-0.05, 0) is 37.5 Å². The molecule has 3 unspecified atom stereocenters. The van der Waals surface area contributed by atoms with E-state index in [0.29, 0.717) is 0 Å². The number of carbonyl (C=O) groups excluding carboxylic acids is 2. The van der Waals surface area contributed by atoms with Crippen LogP contribution in [0.5, 0.6) is 0 Å². The fourth-order valence-corrected chi connectivity index (χ4v) is 3.42. The van der Waals surface area contributed by atoms with Crippen LogP contribution in [0.4, 0.5) is 26.3 Å². The van der Waals surface area contributed by atoms with Gasteiger partial charge >= 0.3 is 18.3 Å². The van der Waals surface area contributed by atoms with Crippen molar-refractivity contribution in [3.63, 3.8) is 0 Å². The number of rotatable bonds is 4. The quantitative estimate of drug-likeness (QED) is 0.582. The van der Waals surface area contributed by atoms with Crippen LogP contribution in [-0.4, -0.2) is 37.9 Å². The van der Waals surface area contributed by atoms with Gasteiger partial charge in [0.25, 0.3) is 0 Å². The number of ether oxygens (including phenoxy) is 1. The minimum Gasteiger partial charge on any atom is -0.468 e. The second-order valence-corrected chi connectivity index (χ2v) is 6.83. The number of nitrogens with one attached hydrogen (secondary N) is 1. The summed E-state index contributed by atoms with van der Waals surface area (Å²) in [5.41, 5.74) is -2.71. The van der Waals surface area contributed by atoms with Gasteiger partial charge in [0.05, 0.1) is 7.11 Å². The van der Waals surface area contributed by atoms with E-state index in [2.05, 4.69) is 4.74 Å². The van der Waals surface area contributed by atoms with E-state index in [1.807, 2.05) is 5.32 Å². The van der Waals surface area contributed by atoms with Gasteiger partial charge < -0.3 is 10.1 Å². The van der Waals surface area contributed by atoms with E-state index >= 15 is 0 Å². The van der Waals surface area contributed by atoms with E-state index in [4.69, 9.17) is 0 Å². The maximum Gasteiger partial charge on any atom is 0.403 e. The molecular formula is C16H23F6NO3. The number of methoxy groups -OCH3 is 1. The predicted molar refractivity (Wildman–Crippen MR) is 79.9 cm³/mol. The third-order valence-corrected chi connectivity index (χ3v) is 5.10. The van der Waals surface area contributed by atoms with Gasteiger partial charge in [0.1, 0.15) is 12.0 Å². The third-order valence-electron chi connectivity index (χ3n) is 5.10. The van der Waals surface area contributed by atoms with Gasteiger partial charge in [0.2, 0.25) is 5.91 Å². The summed E-state index contributed by atoms with van der Waals surface area (Å²) in [6.07, 6.45) is -11.9. The molecule has 3 atom stereocenters. The molecule has 1 rings (SSSR count). The van der Waals surface area contributed by atoms with Crippen LogP contribution >= 0.6 is 0 Å². The molecule has 1 aliphatic rings. The van der Waals surface area contributed by atoms with E-state index in [1.165, 1.54) is 6.92 Å². The Morgan fingerprint density at radius 2 is 1.73 bits per heavy atom. The van der Waals surface area contributed by atoms with Crippen LogP contribution in [0.3, 0.4) is 0 Å². The molecule has 0 aromatic heterocycles. The molecule has 1 amide bonds. The minimum atomic E-state index is -4.87. The molecule has 26 heavy (non-hydrogen) atoms. The summed E-state index contributed by atoms with van der Waals surface area (Å²) in [5, 5.41) is 1.95. The number of esters is 1. The molecule has 0 aliphatic heterocycles. The van der Waals surface area contributed by atoms with Crippen molar-refractivity contribution >= 4 is 11.9 Å². The molecule has 1 saturated carbocycles. The molecular weight excluding hydrogens is 368 g/mol. The molecule has 0 aromatic rings. The van der Waals surface area contributed by atoms with Crippen LogP contribution < -0.4 is 5.32 Å². The maximum atomic E-state index is 13.7. The number of halogens is 6. The molecule has 0 heterocycles. The lowest BCUT2D eigenvalue weighted by molar-refractivity contribution is -0.229. The fourth-order valence-electron chi connectivity index (χ4n) is 3.42. The Morgan fingerprint density at radius 1 is 1.12 bits per heavy atom. The first-order chi connectivity index (χ1) is 11.8. The summed E-state index contributed by atoms with van der Waals surface area (Å²) in [6, 6.07) is 0. The van der Waals surface area contributed by atoms with Crippen molar-refractivity contribution in [1.82, 2.24) is 5.32 Å². The summed E-state index contributed by atoms with van der Waals surface area (Å²) < 4.78 is 83.3. The Labute approximate surface area is 147 Å². The van der Waals surface area contributed by atoms with Gasteiger partial charge in [0.15, 0.2) is 0 Å². The maximum absolute atomic E-state index is 13.7. The lowest BCUT2D eigenvalue weighted by Gasteiger charge is -2.38. The van der Waals surface area contributed by atoms with E-state index in [1.54, 1.807) is 0 Å². The second-order valence-electron chi connectivity index (χ2n) is 6.83. The fraction of sp³-hybridized carbons (Fsp3) is 0.875. The highest BCUT2D eigenvalue weighted by atomic mass is 19.4. The number of hydrogen-bond acceptors (Lipinski definition) is 3. The summed E-state index contributed by atoms with van der Waals surface area (Å²) in [7, 11) is 1.03. The monoisotopic (exact) mass is 391 g/mol. The molecule has 0 bridgehead atoms. The summed E-state index contributed by atoms with van der Waals surface area (Å²) >= 11 is 0. The topological polar surface area (TPSA) is 55.4 Å². The smallest absolute Gasteiger partial charge is 0.403 e. The van der Waals surface area contributed by atoms with Crippen LogP contribution in [0, 0.1) is 17.3 Å². The number of hydrogen-bond donors (Lipinski definition) is 1. The molecule has 1 N–H and O–H groups in total. The normalized spacial score (nSPS) is 28.0. The zero-order valence-electron chi connectivity index (χ0n) is 14.6. The number of carbonyl (C=O) groups is 2. The van der Waals surface area contributed by atoms with Gasteiger partial charge in [-0.15, -0.1) is 0 Å². The first-order valence-corrected chi connectivity index (χ1v) is 8.31. The molecule has 1 aliphatic carbocycles. The molecule has 0 radical (unpaired) electrons. The third kappa shape index (κ3) is 5.77. The zero-order chi connectivity index (χ0) is 20.2. The van der Waals surface area contributed by atoms with Crippen molar-refractivity contribution in [2.45, 2.75) is 57.8 Å². The SMILES string of the molecule is COC(=O)CNC(=O)C1(C(F)(F)F)CCCC(CC(F)(F)F)C(C)CC1. The minimum absolute atomic E-state index is 0.0389. The first kappa shape index (κ1) is 22.6. The Morgan fingerprint density at radius 3 is 2.23 bits per heavy atom. The van der Waals surface area contributed by atoms with E-state index in [-0.39, 0.29) is 19.3 Å². The van der Waals surface area contributed by atoms with Gasteiger partial charge in [-0.2, -0.15) is 26.3 Å². The molecule has 152 valence electrons. The lowest BCUT2D eigenvalue weighted by Crippen LogP contribution is -2.52. The van der Waals surface area contributed by atoms with E-state index in [9.17, 15) is 35.9 Å². The summed E-state index contributed by atoms with van der Waals surface area (Å²) in [6.45, 7) is 0.786. The Balaban J connectivity index is 2.94. The molecule has 0 aromatic carbocycles. The highest BCUT2D eigenvalue weighted by Gasteiger charge is 2.59. The standard InChI is InChI=1S/C16H23F6NO3/c1-10-5-7-14(16(20,21)22,13(25)23-9-12(24)26-2)6-3-4-11(10)8-15(17,18)19/h10-11H,3-9H2,1-2H3,(H,23,25). The van der Waals surface area contributed by atoms with Crippen LogP contribution in [0.15, 0.2) is 0 Å². The van der Waals surface area contributed by atoms with Crippen molar-refractivity contribution < 1.29 is 40.7 Å². The molecule has 1 fully saturated rings. The summed E-state index contributed by atoms with van der Waals surface area (Å²) in [5.74, 6) is -3.59.